The normalized spacial score (nSPS) is 9.50. The van der Waals surface area contributed by atoms with Gasteiger partial charge in [0.15, 0.2) is 5.69 Å². The van der Waals surface area contributed by atoms with E-state index in [4.69, 9.17) is 10.1 Å². The Morgan fingerprint density at radius 2 is 2.17 bits per heavy atom. The Kier molecular flexibility index (Phi) is 4.70. The monoisotopic (exact) mass is 267 g/mol. The average Bonchev–Trinajstić information content (AvgIpc) is 2.78. The molecule has 7 nitrogen and oxygen atoms in total. The van der Waals surface area contributed by atoms with Crippen LogP contribution >= 0.6 is 11.5 Å². The van der Waals surface area contributed by atoms with E-state index in [0.717, 1.165) is 11.5 Å². The lowest BCUT2D eigenvalue weighted by atomic mass is 10.2. The van der Waals surface area contributed by atoms with E-state index in [1.807, 2.05) is 0 Å². The molecule has 0 aliphatic carbocycles. The Labute approximate surface area is 108 Å². The fraction of sp³-hybridized carbons (Fsp3) is 0.400. The van der Waals surface area contributed by atoms with Crippen molar-refractivity contribution in [2.75, 3.05) is 20.7 Å². The first-order valence-electron chi connectivity index (χ1n) is 5.01. The molecule has 0 atom stereocenters. The lowest BCUT2D eigenvalue weighted by Gasteiger charge is -2.09. The van der Waals surface area contributed by atoms with Crippen molar-refractivity contribution in [2.45, 2.75) is 6.92 Å². The van der Waals surface area contributed by atoms with Gasteiger partial charge in [-0.05, 0) is 18.5 Å². The lowest BCUT2D eigenvalue weighted by Crippen LogP contribution is -2.23. The predicted molar refractivity (Wildman–Crippen MR) is 66.3 cm³/mol. The summed E-state index contributed by atoms with van der Waals surface area (Å²) in [6.45, 7) is 1.77. The number of nitrogens with zero attached hydrogens (tertiary/aromatic N) is 4. The molecule has 0 unspecified atom stereocenters. The third-order valence-electron chi connectivity index (χ3n) is 1.92. The number of rotatable bonds is 4. The second-order valence-corrected chi connectivity index (χ2v) is 4.11. The zero-order valence-corrected chi connectivity index (χ0v) is 10.9. The second-order valence-electron chi connectivity index (χ2n) is 3.36. The van der Waals surface area contributed by atoms with Crippen LogP contribution in [-0.4, -0.2) is 52.9 Å². The minimum absolute atomic E-state index is 0.0189. The number of carbonyl (C=O) groups excluding carboxylic acids is 2. The van der Waals surface area contributed by atoms with E-state index >= 15 is 0 Å². The summed E-state index contributed by atoms with van der Waals surface area (Å²) in [5.74, 6) is 0.526. The molecule has 0 N–H and O–H groups in total. The van der Waals surface area contributed by atoms with Crippen LogP contribution in [0.15, 0.2) is 0 Å². The van der Waals surface area contributed by atoms with Crippen LogP contribution in [-0.2, 0) is 9.53 Å². The Morgan fingerprint density at radius 3 is 2.67 bits per heavy atom. The van der Waals surface area contributed by atoms with E-state index < -0.39 is 11.9 Å². The molecule has 8 heteroatoms. The molecule has 0 aliphatic rings. The molecule has 18 heavy (non-hydrogen) atoms. The lowest BCUT2D eigenvalue weighted by molar-refractivity contribution is -0.135. The number of ether oxygens (including phenoxy) is 1. The van der Waals surface area contributed by atoms with Crippen LogP contribution in [0, 0.1) is 0 Å². The molecule has 0 saturated heterocycles. The summed E-state index contributed by atoms with van der Waals surface area (Å²) < 4.78 is 8.34. The summed E-state index contributed by atoms with van der Waals surface area (Å²) in [4.78, 5) is 24.8. The highest BCUT2D eigenvalue weighted by Crippen LogP contribution is 2.21. The summed E-state index contributed by atoms with van der Waals surface area (Å²) in [5, 5.41) is 12.6. The maximum absolute atomic E-state index is 11.8. The van der Waals surface area contributed by atoms with Crippen molar-refractivity contribution in [2.24, 2.45) is 0 Å². The van der Waals surface area contributed by atoms with Crippen LogP contribution in [0.1, 0.15) is 22.3 Å². The van der Waals surface area contributed by atoms with Crippen molar-refractivity contribution < 1.29 is 14.3 Å². The van der Waals surface area contributed by atoms with Gasteiger partial charge in [0.05, 0.1) is 12.2 Å². The van der Waals surface area contributed by atoms with Crippen molar-refractivity contribution in [3.63, 3.8) is 0 Å². The number of hydrogen-bond donors (Lipinski definition) is 0. The molecule has 1 heterocycles. The van der Waals surface area contributed by atoms with Crippen LogP contribution in [0.4, 0.5) is 0 Å². The number of amides is 1. The highest BCUT2D eigenvalue weighted by molar-refractivity contribution is 7.07. The number of hydrogen-bond acceptors (Lipinski definition) is 6. The van der Waals surface area contributed by atoms with Gasteiger partial charge in [-0.1, -0.05) is 4.49 Å². The third kappa shape index (κ3) is 2.79. The van der Waals surface area contributed by atoms with E-state index in [-0.39, 0.29) is 22.8 Å². The van der Waals surface area contributed by atoms with Gasteiger partial charge in [-0.2, -0.15) is 0 Å². The molecule has 1 rings (SSSR count). The number of aromatic nitrogens is 2. The van der Waals surface area contributed by atoms with Crippen molar-refractivity contribution in [3.8, 4) is 0 Å². The molecule has 1 aromatic rings. The van der Waals surface area contributed by atoms with Gasteiger partial charge in [0, 0.05) is 14.1 Å². The first kappa shape index (κ1) is 14.0. The smallest absolute Gasteiger partial charge is 0.345 e. The standard InChI is InChI=1S/C10H11N4O3S/c1-4-17-10(16)6(5-11)8-7(12-13-18-8)9(15)14(2)3/h4H2,1-3H3/q-1. The van der Waals surface area contributed by atoms with Gasteiger partial charge in [0.1, 0.15) is 4.88 Å². The fourth-order valence-electron chi connectivity index (χ4n) is 1.10. The third-order valence-corrected chi connectivity index (χ3v) is 2.66. The van der Waals surface area contributed by atoms with Gasteiger partial charge in [-0.3, -0.25) is 10.7 Å². The van der Waals surface area contributed by atoms with Gasteiger partial charge < -0.3 is 15.0 Å². The van der Waals surface area contributed by atoms with E-state index in [0.29, 0.717) is 0 Å². The van der Waals surface area contributed by atoms with Gasteiger partial charge in [-0.25, -0.2) is 4.79 Å². The van der Waals surface area contributed by atoms with E-state index in [1.165, 1.54) is 4.90 Å². The van der Waals surface area contributed by atoms with Crippen molar-refractivity contribution in [3.05, 3.63) is 16.0 Å². The molecule has 0 aromatic carbocycles. The summed E-state index contributed by atoms with van der Waals surface area (Å²) in [6.07, 6.45) is 0. The van der Waals surface area contributed by atoms with Crippen LogP contribution in [0.3, 0.4) is 0 Å². The molecule has 0 radical (unpaired) electrons. The molecule has 0 bridgehead atoms. The van der Waals surface area contributed by atoms with Crippen LogP contribution < -0.4 is 0 Å². The van der Waals surface area contributed by atoms with Crippen LogP contribution in [0.25, 0.3) is 11.0 Å². The molecular weight excluding hydrogens is 256 g/mol. The average molecular weight is 267 g/mol. The molecular formula is C10H11N4O3S-. The van der Waals surface area contributed by atoms with Gasteiger partial charge >= 0.3 is 5.97 Å². The molecule has 0 spiro atoms. The predicted octanol–water partition coefficient (Wildman–Crippen LogP) is 0.425. The first-order valence-corrected chi connectivity index (χ1v) is 5.78. The van der Waals surface area contributed by atoms with E-state index in [1.54, 1.807) is 26.9 Å². The minimum atomic E-state index is -0.779. The van der Waals surface area contributed by atoms with Gasteiger partial charge in [0.25, 0.3) is 5.91 Å². The SMILES string of the molecule is CCOC(=O)C(=C=[N-])c1snnc1C(=O)N(C)C. The Bertz CT molecular complexity index is 517. The molecule has 0 saturated carbocycles. The fourth-order valence-corrected chi connectivity index (χ4v) is 1.74. The van der Waals surface area contributed by atoms with Crippen LogP contribution in [0.5, 0.6) is 0 Å². The van der Waals surface area contributed by atoms with E-state index in [9.17, 15) is 9.59 Å². The maximum Gasteiger partial charge on any atom is 0.345 e. The molecule has 1 amide bonds. The highest BCUT2D eigenvalue weighted by Gasteiger charge is 2.24. The highest BCUT2D eigenvalue weighted by atomic mass is 32.1. The van der Waals surface area contributed by atoms with Crippen molar-refractivity contribution in [1.82, 2.24) is 14.5 Å². The summed E-state index contributed by atoms with van der Waals surface area (Å²) in [6, 6.07) is 0. The zero-order chi connectivity index (χ0) is 13.7. The molecule has 0 aliphatic heterocycles. The summed E-state index contributed by atoms with van der Waals surface area (Å²) in [7, 11) is 3.09. The molecule has 1 aromatic heterocycles. The maximum atomic E-state index is 11.8. The summed E-state index contributed by atoms with van der Waals surface area (Å²) >= 11 is 0.813. The Balaban J connectivity index is 3.18. The Morgan fingerprint density at radius 1 is 1.50 bits per heavy atom. The topological polar surface area (TPSA) is 94.7 Å². The molecule has 0 fully saturated rings. The zero-order valence-electron chi connectivity index (χ0n) is 10.1. The number of esters is 1. The van der Waals surface area contributed by atoms with Crippen molar-refractivity contribution >= 4 is 34.9 Å². The van der Waals surface area contributed by atoms with Gasteiger partial charge in [-0.15, -0.1) is 5.10 Å². The number of carbonyl (C=O) groups is 2. The minimum Gasteiger partial charge on any atom is -0.763 e. The van der Waals surface area contributed by atoms with Crippen molar-refractivity contribution in [1.29, 1.82) is 0 Å². The Hall–Kier alpha value is -2.05. The van der Waals surface area contributed by atoms with Gasteiger partial charge in [0.2, 0.25) is 0 Å². The van der Waals surface area contributed by atoms with E-state index in [2.05, 4.69) is 9.59 Å². The first-order chi connectivity index (χ1) is 8.52. The molecule has 96 valence electrons. The quantitative estimate of drug-likeness (QED) is 0.448. The largest absolute Gasteiger partial charge is 0.763 e. The van der Waals surface area contributed by atoms with Crippen LogP contribution in [0.2, 0.25) is 0 Å². The summed E-state index contributed by atoms with van der Waals surface area (Å²) in [5.41, 5.74) is -0.272. The second kappa shape index (κ2) is 6.04.